The van der Waals surface area contributed by atoms with E-state index in [1.54, 1.807) is 32.0 Å². The molecular weight excluding hydrogens is 266 g/mol. The second-order valence-corrected chi connectivity index (χ2v) is 4.48. The standard InChI is InChI=1S/C14H16ClNO3/c1-10(2)19-14(18)16-13-9-12(15)7-6-11(13)5-3-4-8-17/h6-7,9-10,17H,4,8H2,1-2H3,(H,16,18). The molecule has 0 heterocycles. The average Bonchev–Trinajstić information content (AvgIpc) is 2.31. The van der Waals surface area contributed by atoms with Crippen molar-refractivity contribution in [2.75, 3.05) is 11.9 Å². The lowest BCUT2D eigenvalue weighted by atomic mass is 10.2. The second-order valence-electron chi connectivity index (χ2n) is 4.04. The van der Waals surface area contributed by atoms with E-state index in [2.05, 4.69) is 17.2 Å². The predicted octanol–water partition coefficient (Wildman–Crippen LogP) is 3.03. The first-order valence-electron chi connectivity index (χ1n) is 5.90. The van der Waals surface area contributed by atoms with E-state index in [1.165, 1.54) is 0 Å². The van der Waals surface area contributed by atoms with Crippen LogP contribution < -0.4 is 5.32 Å². The largest absolute Gasteiger partial charge is 0.447 e. The highest BCUT2D eigenvalue weighted by molar-refractivity contribution is 6.31. The lowest BCUT2D eigenvalue weighted by molar-refractivity contribution is 0.130. The van der Waals surface area contributed by atoms with Crippen LogP contribution in [-0.4, -0.2) is 23.9 Å². The van der Waals surface area contributed by atoms with Gasteiger partial charge in [-0.25, -0.2) is 4.79 Å². The quantitative estimate of drug-likeness (QED) is 0.837. The molecule has 0 radical (unpaired) electrons. The Hall–Kier alpha value is -1.70. The number of carbonyl (C=O) groups is 1. The summed E-state index contributed by atoms with van der Waals surface area (Å²) in [4.78, 5) is 11.6. The number of rotatable bonds is 3. The molecule has 0 saturated heterocycles. The Labute approximate surface area is 117 Å². The van der Waals surface area contributed by atoms with Crippen molar-refractivity contribution in [2.24, 2.45) is 0 Å². The first-order valence-corrected chi connectivity index (χ1v) is 6.27. The van der Waals surface area contributed by atoms with Gasteiger partial charge in [0, 0.05) is 17.0 Å². The first kappa shape index (κ1) is 15.4. The maximum Gasteiger partial charge on any atom is 0.411 e. The minimum atomic E-state index is -0.553. The zero-order chi connectivity index (χ0) is 14.3. The zero-order valence-electron chi connectivity index (χ0n) is 10.9. The number of amides is 1. The number of ether oxygens (including phenoxy) is 1. The SMILES string of the molecule is CC(C)OC(=O)Nc1cc(Cl)ccc1C#CCCO. The Kier molecular flexibility index (Phi) is 6.20. The molecule has 1 aromatic carbocycles. The molecule has 19 heavy (non-hydrogen) atoms. The summed E-state index contributed by atoms with van der Waals surface area (Å²) in [6, 6.07) is 4.99. The average molecular weight is 282 g/mol. The van der Waals surface area contributed by atoms with Crippen LogP contribution in [0.2, 0.25) is 5.02 Å². The summed E-state index contributed by atoms with van der Waals surface area (Å²) in [6.07, 6.45) is -0.385. The zero-order valence-corrected chi connectivity index (χ0v) is 11.6. The maximum absolute atomic E-state index is 11.6. The molecule has 0 saturated carbocycles. The number of anilines is 1. The lowest BCUT2D eigenvalue weighted by Crippen LogP contribution is -2.18. The first-order chi connectivity index (χ1) is 9.02. The Morgan fingerprint density at radius 2 is 2.26 bits per heavy atom. The molecule has 0 aliphatic heterocycles. The van der Waals surface area contributed by atoms with Crippen molar-refractivity contribution in [1.29, 1.82) is 0 Å². The van der Waals surface area contributed by atoms with Crippen LogP contribution in [0.1, 0.15) is 25.8 Å². The summed E-state index contributed by atoms with van der Waals surface area (Å²) in [5, 5.41) is 11.8. The van der Waals surface area contributed by atoms with Gasteiger partial charge in [-0.15, -0.1) is 0 Å². The van der Waals surface area contributed by atoms with E-state index in [4.69, 9.17) is 21.4 Å². The van der Waals surface area contributed by atoms with Crippen LogP contribution in [-0.2, 0) is 4.74 Å². The molecule has 0 bridgehead atoms. The number of hydrogen-bond acceptors (Lipinski definition) is 3. The van der Waals surface area contributed by atoms with Crippen molar-refractivity contribution in [3.05, 3.63) is 28.8 Å². The van der Waals surface area contributed by atoms with Gasteiger partial charge in [-0.1, -0.05) is 23.4 Å². The van der Waals surface area contributed by atoms with Gasteiger partial charge in [0.25, 0.3) is 0 Å². The predicted molar refractivity (Wildman–Crippen MR) is 75.3 cm³/mol. The molecule has 0 atom stereocenters. The van der Waals surface area contributed by atoms with Crippen LogP contribution in [0, 0.1) is 11.8 Å². The number of hydrogen-bond donors (Lipinski definition) is 2. The van der Waals surface area contributed by atoms with E-state index >= 15 is 0 Å². The van der Waals surface area contributed by atoms with Crippen LogP contribution in [0.4, 0.5) is 10.5 Å². The van der Waals surface area contributed by atoms with Crippen LogP contribution >= 0.6 is 11.6 Å². The summed E-state index contributed by atoms with van der Waals surface area (Å²) < 4.78 is 4.99. The molecule has 102 valence electrons. The normalized spacial score (nSPS) is 9.74. The van der Waals surface area contributed by atoms with E-state index in [-0.39, 0.29) is 12.7 Å². The smallest absolute Gasteiger partial charge is 0.411 e. The third-order valence-corrected chi connectivity index (χ3v) is 2.26. The van der Waals surface area contributed by atoms with Gasteiger partial charge in [0.05, 0.1) is 18.4 Å². The Bertz CT molecular complexity index is 503. The fourth-order valence-corrected chi connectivity index (χ4v) is 1.47. The van der Waals surface area contributed by atoms with Gasteiger partial charge in [0.2, 0.25) is 0 Å². The number of nitrogens with one attached hydrogen (secondary N) is 1. The molecular formula is C14H16ClNO3. The van der Waals surface area contributed by atoms with Gasteiger partial charge in [0.15, 0.2) is 0 Å². The fourth-order valence-electron chi connectivity index (χ4n) is 1.30. The molecule has 1 amide bonds. The van der Waals surface area contributed by atoms with Crippen LogP contribution in [0.15, 0.2) is 18.2 Å². The van der Waals surface area contributed by atoms with Crippen molar-refractivity contribution in [2.45, 2.75) is 26.4 Å². The van der Waals surface area contributed by atoms with Crippen molar-refractivity contribution >= 4 is 23.4 Å². The summed E-state index contributed by atoms with van der Waals surface area (Å²) in [6.45, 7) is 3.53. The van der Waals surface area contributed by atoms with Crippen molar-refractivity contribution in [1.82, 2.24) is 0 Å². The monoisotopic (exact) mass is 281 g/mol. The number of aliphatic hydroxyl groups is 1. The van der Waals surface area contributed by atoms with Crippen molar-refractivity contribution in [3.8, 4) is 11.8 Å². The van der Waals surface area contributed by atoms with Gasteiger partial charge in [0.1, 0.15) is 0 Å². The lowest BCUT2D eigenvalue weighted by Gasteiger charge is -2.11. The fraction of sp³-hybridized carbons (Fsp3) is 0.357. The molecule has 5 heteroatoms. The minimum Gasteiger partial charge on any atom is -0.447 e. The Morgan fingerprint density at radius 3 is 2.89 bits per heavy atom. The van der Waals surface area contributed by atoms with Crippen molar-refractivity contribution in [3.63, 3.8) is 0 Å². The maximum atomic E-state index is 11.6. The van der Waals surface area contributed by atoms with E-state index in [0.717, 1.165) is 0 Å². The molecule has 0 spiro atoms. The van der Waals surface area contributed by atoms with E-state index in [9.17, 15) is 4.79 Å². The van der Waals surface area contributed by atoms with Crippen LogP contribution in [0.3, 0.4) is 0 Å². The highest BCUT2D eigenvalue weighted by atomic mass is 35.5. The van der Waals surface area contributed by atoms with Crippen molar-refractivity contribution < 1.29 is 14.6 Å². The highest BCUT2D eigenvalue weighted by Gasteiger charge is 2.08. The van der Waals surface area contributed by atoms with E-state index < -0.39 is 6.09 Å². The number of benzene rings is 1. The number of aliphatic hydroxyl groups excluding tert-OH is 1. The second kappa shape index (κ2) is 7.67. The van der Waals surface area contributed by atoms with Gasteiger partial charge in [-0.05, 0) is 32.0 Å². The molecule has 0 aliphatic carbocycles. The summed E-state index contributed by atoms with van der Waals surface area (Å²) in [5.41, 5.74) is 1.11. The van der Waals surface area contributed by atoms with E-state index in [0.29, 0.717) is 22.7 Å². The Morgan fingerprint density at radius 1 is 1.53 bits per heavy atom. The van der Waals surface area contributed by atoms with E-state index in [1.807, 2.05) is 0 Å². The topological polar surface area (TPSA) is 58.6 Å². The molecule has 1 rings (SSSR count). The minimum absolute atomic E-state index is 0.00125. The molecule has 0 aliphatic rings. The van der Waals surface area contributed by atoms with Crippen LogP contribution in [0.25, 0.3) is 0 Å². The van der Waals surface area contributed by atoms with Gasteiger partial charge < -0.3 is 9.84 Å². The van der Waals surface area contributed by atoms with Gasteiger partial charge in [-0.3, -0.25) is 5.32 Å². The third kappa shape index (κ3) is 5.64. The number of halogens is 1. The summed E-state index contributed by atoms with van der Waals surface area (Å²) >= 11 is 5.89. The van der Waals surface area contributed by atoms with Crippen LogP contribution in [0.5, 0.6) is 0 Å². The molecule has 2 N–H and O–H groups in total. The van der Waals surface area contributed by atoms with Gasteiger partial charge in [-0.2, -0.15) is 0 Å². The third-order valence-electron chi connectivity index (χ3n) is 2.02. The molecule has 0 aromatic heterocycles. The highest BCUT2D eigenvalue weighted by Crippen LogP contribution is 2.20. The molecule has 0 fully saturated rings. The molecule has 0 unspecified atom stereocenters. The summed E-state index contributed by atoms with van der Waals surface area (Å²) in [7, 11) is 0. The molecule has 4 nitrogen and oxygen atoms in total. The van der Waals surface area contributed by atoms with Gasteiger partial charge >= 0.3 is 6.09 Å². The summed E-state index contributed by atoms with van der Waals surface area (Å²) in [5.74, 6) is 5.65. The molecule has 1 aromatic rings. The Balaban J connectivity index is 2.89. The number of carbonyl (C=O) groups excluding carboxylic acids is 1.